The first-order valence-electron chi connectivity index (χ1n) is 7.36. The van der Waals surface area contributed by atoms with Crippen LogP contribution in [0.25, 0.3) is 0 Å². The second kappa shape index (κ2) is 4.36. The van der Waals surface area contributed by atoms with Gasteiger partial charge in [-0.25, -0.2) is 0 Å². The van der Waals surface area contributed by atoms with Gasteiger partial charge in [0.15, 0.2) is 0 Å². The Morgan fingerprint density at radius 1 is 1.42 bits per heavy atom. The maximum Gasteiger partial charge on any atom is 0.314 e. The lowest BCUT2D eigenvalue weighted by Crippen LogP contribution is -2.36. The number of fused-ring (bicyclic) bond motifs is 1. The Bertz CT molecular complexity index is 459. The molecule has 3 aliphatic heterocycles. The van der Waals surface area contributed by atoms with Crippen LogP contribution in [-0.4, -0.2) is 44.7 Å². The van der Waals surface area contributed by atoms with Crippen LogP contribution >= 0.6 is 0 Å². The van der Waals surface area contributed by atoms with Crippen molar-refractivity contribution in [1.29, 1.82) is 0 Å². The minimum absolute atomic E-state index is 0.0109. The molecule has 3 saturated heterocycles. The lowest BCUT2D eigenvalue weighted by molar-refractivity contribution is -0.146. The monoisotopic (exact) mass is 277 g/mol. The van der Waals surface area contributed by atoms with E-state index in [1.807, 2.05) is 0 Å². The van der Waals surface area contributed by atoms with E-state index in [0.717, 1.165) is 19.5 Å². The number of carbonyl (C=O) groups is 1. The number of rotatable bonds is 0. The van der Waals surface area contributed by atoms with Crippen LogP contribution in [0.3, 0.4) is 0 Å². The third-order valence-electron chi connectivity index (χ3n) is 4.67. The van der Waals surface area contributed by atoms with Gasteiger partial charge in [0, 0.05) is 19.0 Å². The third kappa shape index (κ3) is 2.13. The molecule has 3 aliphatic rings. The van der Waals surface area contributed by atoms with Crippen LogP contribution < -0.4 is 0 Å². The Morgan fingerprint density at radius 3 is 2.84 bits per heavy atom. The summed E-state index contributed by atoms with van der Waals surface area (Å²) in [6.45, 7) is 9.39. The largest absolute Gasteiger partial charge is 0.465 e. The Morgan fingerprint density at radius 2 is 2.21 bits per heavy atom. The van der Waals surface area contributed by atoms with Crippen LogP contribution in [0.4, 0.5) is 0 Å². The number of esters is 1. The molecule has 104 valence electrons. The highest BCUT2D eigenvalue weighted by Crippen LogP contribution is 2.49. The fraction of sp³-hybridized carbons (Fsp3) is 0.800. The Kier molecular flexibility index (Phi) is 3.03. The Balaban J connectivity index is 1.95. The van der Waals surface area contributed by atoms with Crippen LogP contribution in [0.2, 0.25) is 19.6 Å². The van der Waals surface area contributed by atoms with Gasteiger partial charge in [0.05, 0.1) is 17.9 Å². The van der Waals surface area contributed by atoms with E-state index in [9.17, 15) is 4.79 Å². The average Bonchev–Trinajstić information content (AvgIpc) is 2.93. The Hall–Kier alpha value is -0.793. The van der Waals surface area contributed by atoms with Gasteiger partial charge in [-0.2, -0.15) is 0 Å². The normalized spacial score (nSPS) is 38.2. The van der Waals surface area contributed by atoms with Gasteiger partial charge in [0.1, 0.15) is 8.07 Å². The second-order valence-electron chi connectivity index (χ2n) is 7.22. The van der Waals surface area contributed by atoms with E-state index in [-0.39, 0.29) is 17.3 Å². The maximum absolute atomic E-state index is 12.3. The molecule has 1 spiro atoms. The van der Waals surface area contributed by atoms with Crippen molar-refractivity contribution in [2.75, 3.05) is 19.7 Å². The van der Waals surface area contributed by atoms with Crippen LogP contribution in [0.1, 0.15) is 19.3 Å². The van der Waals surface area contributed by atoms with Gasteiger partial charge in [-0.15, -0.1) is 11.5 Å². The van der Waals surface area contributed by atoms with Crippen molar-refractivity contribution in [3.8, 4) is 11.5 Å². The van der Waals surface area contributed by atoms with Crippen molar-refractivity contribution in [3.05, 3.63) is 0 Å². The first-order valence-corrected chi connectivity index (χ1v) is 10.9. The van der Waals surface area contributed by atoms with Crippen molar-refractivity contribution < 1.29 is 9.53 Å². The highest BCUT2D eigenvalue weighted by atomic mass is 28.3. The topological polar surface area (TPSA) is 29.5 Å². The summed E-state index contributed by atoms with van der Waals surface area (Å²) in [5.74, 6) is 3.74. The van der Waals surface area contributed by atoms with Crippen molar-refractivity contribution in [3.63, 3.8) is 0 Å². The average molecular weight is 277 g/mol. The van der Waals surface area contributed by atoms with Gasteiger partial charge in [0.2, 0.25) is 0 Å². The predicted molar refractivity (Wildman–Crippen MR) is 77.2 cm³/mol. The Labute approximate surface area is 116 Å². The number of carbonyl (C=O) groups excluding carboxylic acids is 1. The molecule has 0 aromatic rings. The zero-order chi connectivity index (χ0) is 13.7. The quantitative estimate of drug-likeness (QED) is 0.385. The highest BCUT2D eigenvalue weighted by molar-refractivity contribution is 6.83. The summed E-state index contributed by atoms with van der Waals surface area (Å²) in [6.07, 6.45) is 3.31. The fourth-order valence-electron chi connectivity index (χ4n) is 3.78. The van der Waals surface area contributed by atoms with E-state index in [0.29, 0.717) is 12.6 Å². The number of cyclic esters (lactones) is 1. The van der Waals surface area contributed by atoms with Crippen LogP contribution in [-0.2, 0) is 9.53 Å². The molecule has 19 heavy (non-hydrogen) atoms. The van der Waals surface area contributed by atoms with Gasteiger partial charge >= 0.3 is 5.97 Å². The summed E-state index contributed by atoms with van der Waals surface area (Å²) in [4.78, 5) is 14.7. The number of ether oxygens (including phenoxy) is 1. The van der Waals surface area contributed by atoms with E-state index in [1.54, 1.807) is 0 Å². The maximum atomic E-state index is 12.3. The molecule has 3 atom stereocenters. The highest BCUT2D eigenvalue weighted by Gasteiger charge is 2.60. The van der Waals surface area contributed by atoms with E-state index < -0.39 is 8.07 Å². The van der Waals surface area contributed by atoms with Crippen molar-refractivity contribution in [2.45, 2.75) is 44.9 Å². The van der Waals surface area contributed by atoms with Gasteiger partial charge in [-0.05, 0) is 19.4 Å². The lowest BCUT2D eigenvalue weighted by Gasteiger charge is -2.24. The van der Waals surface area contributed by atoms with Gasteiger partial charge in [0.25, 0.3) is 0 Å². The molecule has 0 amide bonds. The van der Waals surface area contributed by atoms with Crippen LogP contribution in [0.15, 0.2) is 0 Å². The summed E-state index contributed by atoms with van der Waals surface area (Å²) < 4.78 is 5.30. The van der Waals surface area contributed by atoms with E-state index in [1.165, 1.54) is 12.8 Å². The number of nitrogens with zero attached hydrogens (tertiary/aromatic N) is 1. The molecule has 0 bridgehead atoms. The molecule has 0 unspecified atom stereocenters. The van der Waals surface area contributed by atoms with Crippen molar-refractivity contribution >= 4 is 14.0 Å². The van der Waals surface area contributed by atoms with E-state index >= 15 is 0 Å². The number of hydrogen-bond donors (Lipinski definition) is 0. The molecule has 0 aromatic carbocycles. The molecule has 3 rings (SSSR count). The summed E-state index contributed by atoms with van der Waals surface area (Å²) in [5.41, 5.74) is 3.19. The summed E-state index contributed by atoms with van der Waals surface area (Å²) >= 11 is 0. The first-order chi connectivity index (χ1) is 8.92. The molecule has 0 N–H and O–H groups in total. The van der Waals surface area contributed by atoms with Gasteiger partial charge in [-0.1, -0.05) is 19.6 Å². The van der Waals surface area contributed by atoms with E-state index in [4.69, 9.17) is 4.74 Å². The standard InChI is InChI=1S/C15H23NO2Si/c1-19(2,3)10-6-12-13-5-4-8-16(13)11-15(12)7-9-18-14(15)17/h12-13H,4-5,7-9,11H2,1-3H3/t12-,13-,15+/m0/s1. The van der Waals surface area contributed by atoms with Crippen LogP contribution in [0, 0.1) is 22.8 Å². The SMILES string of the molecule is C[Si](C)(C)C#C[C@H]1[C@@H]2CCCN2C[C@]12CCOC2=O. The summed E-state index contributed by atoms with van der Waals surface area (Å²) in [7, 11) is -1.39. The van der Waals surface area contributed by atoms with Crippen molar-refractivity contribution in [1.82, 2.24) is 4.90 Å². The molecule has 3 fully saturated rings. The van der Waals surface area contributed by atoms with Crippen LogP contribution in [0.5, 0.6) is 0 Å². The molecular formula is C15H23NO2Si. The molecule has 0 aromatic heterocycles. The third-order valence-corrected chi connectivity index (χ3v) is 5.56. The minimum Gasteiger partial charge on any atom is -0.465 e. The number of hydrogen-bond acceptors (Lipinski definition) is 3. The van der Waals surface area contributed by atoms with Gasteiger partial charge in [-0.3, -0.25) is 9.69 Å². The molecule has 4 heteroatoms. The van der Waals surface area contributed by atoms with Gasteiger partial charge < -0.3 is 4.74 Å². The smallest absolute Gasteiger partial charge is 0.314 e. The zero-order valence-corrected chi connectivity index (χ0v) is 13.2. The fourth-order valence-corrected chi connectivity index (χ4v) is 4.37. The van der Waals surface area contributed by atoms with Crippen molar-refractivity contribution in [2.24, 2.45) is 11.3 Å². The van der Waals surface area contributed by atoms with E-state index in [2.05, 4.69) is 36.0 Å². The second-order valence-corrected chi connectivity index (χ2v) is 12.0. The summed E-state index contributed by atoms with van der Waals surface area (Å²) in [5, 5.41) is 0. The minimum atomic E-state index is -1.39. The first kappa shape index (κ1) is 13.2. The molecule has 3 heterocycles. The zero-order valence-electron chi connectivity index (χ0n) is 12.2. The molecule has 0 saturated carbocycles. The molecule has 0 aliphatic carbocycles. The molecule has 0 radical (unpaired) electrons. The predicted octanol–water partition coefficient (Wildman–Crippen LogP) is 1.89. The lowest BCUT2D eigenvalue weighted by atomic mass is 9.74. The molecule has 3 nitrogen and oxygen atoms in total. The molecular weight excluding hydrogens is 254 g/mol. The summed E-state index contributed by atoms with van der Waals surface area (Å²) in [6, 6.07) is 0.495.